The van der Waals surface area contributed by atoms with Gasteiger partial charge in [-0.25, -0.2) is 4.99 Å². The molecule has 0 amide bonds. The van der Waals surface area contributed by atoms with Gasteiger partial charge in [-0.3, -0.25) is 0 Å². The topological polar surface area (TPSA) is 54.9 Å². The van der Waals surface area contributed by atoms with Gasteiger partial charge in [0.25, 0.3) is 0 Å². The zero-order valence-corrected chi connectivity index (χ0v) is 17.8. The van der Waals surface area contributed by atoms with Gasteiger partial charge in [0.05, 0.1) is 13.2 Å². The molecule has 2 N–H and O–H groups in total. The van der Waals surface area contributed by atoms with Gasteiger partial charge in [-0.1, -0.05) is 24.3 Å². The van der Waals surface area contributed by atoms with E-state index in [-0.39, 0.29) is 24.0 Å². The van der Waals surface area contributed by atoms with Crippen molar-refractivity contribution < 1.29 is 9.47 Å². The van der Waals surface area contributed by atoms with E-state index in [1.807, 2.05) is 0 Å². The second-order valence-corrected chi connectivity index (χ2v) is 6.25. The smallest absolute Gasteiger partial charge is 0.191 e. The van der Waals surface area contributed by atoms with Crippen LogP contribution < -0.4 is 10.6 Å². The normalized spacial score (nSPS) is 14.1. The summed E-state index contributed by atoms with van der Waals surface area (Å²) in [7, 11) is 1.71. The van der Waals surface area contributed by atoms with Crippen LogP contribution in [0.15, 0.2) is 29.3 Å². The van der Waals surface area contributed by atoms with Crippen LogP contribution >= 0.6 is 24.0 Å². The Bertz CT molecular complexity index is 507. The Balaban J connectivity index is 0.00000312. The van der Waals surface area contributed by atoms with E-state index in [4.69, 9.17) is 9.47 Å². The number of rotatable bonds is 11. The van der Waals surface area contributed by atoms with Crippen molar-refractivity contribution in [3.05, 3.63) is 35.4 Å². The fourth-order valence-electron chi connectivity index (χ4n) is 2.41. The molecule has 142 valence electrons. The quantitative estimate of drug-likeness (QED) is 0.230. The van der Waals surface area contributed by atoms with E-state index < -0.39 is 0 Å². The third-order valence-corrected chi connectivity index (χ3v) is 3.87. The number of halogens is 1. The summed E-state index contributed by atoms with van der Waals surface area (Å²) in [5.74, 6) is 1.70. The number of guanidine groups is 1. The van der Waals surface area contributed by atoms with Gasteiger partial charge in [0.1, 0.15) is 0 Å². The van der Waals surface area contributed by atoms with E-state index >= 15 is 0 Å². The van der Waals surface area contributed by atoms with Crippen molar-refractivity contribution in [2.45, 2.75) is 39.3 Å². The molecular formula is C19H32IN3O2. The van der Waals surface area contributed by atoms with Gasteiger partial charge in [-0.15, -0.1) is 24.0 Å². The lowest BCUT2D eigenvalue weighted by molar-refractivity contribution is 0.123. The highest BCUT2D eigenvalue weighted by molar-refractivity contribution is 14.0. The van der Waals surface area contributed by atoms with Crippen LogP contribution in [0.1, 0.15) is 37.3 Å². The van der Waals surface area contributed by atoms with E-state index in [0.717, 1.165) is 44.6 Å². The van der Waals surface area contributed by atoms with Crippen molar-refractivity contribution in [2.75, 3.05) is 33.4 Å². The van der Waals surface area contributed by atoms with Crippen LogP contribution in [0, 0.1) is 5.92 Å². The standard InChI is InChI=1S/C19H31N3O2.HI/c1-3-20-19(21-10-5-11-24-15-16-8-9-16)22-13-17-6-4-7-18(12-17)14-23-2;/h4,6-7,12,16H,3,5,8-11,13-15H2,1-2H3,(H2,20,21,22);1H. The summed E-state index contributed by atoms with van der Waals surface area (Å²) in [5.41, 5.74) is 2.37. The van der Waals surface area contributed by atoms with Crippen molar-refractivity contribution in [3.63, 3.8) is 0 Å². The van der Waals surface area contributed by atoms with Gasteiger partial charge in [-0.2, -0.15) is 0 Å². The maximum atomic E-state index is 5.65. The Labute approximate surface area is 169 Å². The molecule has 0 heterocycles. The fourth-order valence-corrected chi connectivity index (χ4v) is 2.41. The lowest BCUT2D eigenvalue weighted by Crippen LogP contribution is -2.38. The van der Waals surface area contributed by atoms with Gasteiger partial charge < -0.3 is 20.1 Å². The number of nitrogens with one attached hydrogen (secondary N) is 2. The Hall–Kier alpha value is -0.860. The van der Waals surface area contributed by atoms with Gasteiger partial charge in [-0.05, 0) is 43.2 Å². The minimum Gasteiger partial charge on any atom is -0.381 e. The van der Waals surface area contributed by atoms with E-state index in [0.29, 0.717) is 13.2 Å². The predicted octanol–water partition coefficient (Wildman–Crippen LogP) is 3.32. The first-order valence-electron chi connectivity index (χ1n) is 8.98. The number of aliphatic imine (C=N–C) groups is 1. The number of hydrogen-bond acceptors (Lipinski definition) is 3. The average Bonchev–Trinajstić information content (AvgIpc) is 3.40. The van der Waals surface area contributed by atoms with E-state index in [2.05, 4.69) is 46.8 Å². The SMILES string of the molecule is CCNC(=NCc1cccc(COC)c1)NCCCOCC1CC1.I. The lowest BCUT2D eigenvalue weighted by atomic mass is 10.1. The number of benzene rings is 1. The predicted molar refractivity (Wildman–Crippen MR) is 114 cm³/mol. The molecule has 0 radical (unpaired) electrons. The number of ether oxygens (including phenoxy) is 2. The highest BCUT2D eigenvalue weighted by atomic mass is 127. The summed E-state index contributed by atoms with van der Waals surface area (Å²) >= 11 is 0. The molecule has 0 atom stereocenters. The zero-order valence-electron chi connectivity index (χ0n) is 15.4. The molecule has 1 aliphatic carbocycles. The van der Waals surface area contributed by atoms with Crippen molar-refractivity contribution in [1.82, 2.24) is 10.6 Å². The molecule has 0 saturated heterocycles. The van der Waals surface area contributed by atoms with Gasteiger partial charge in [0.2, 0.25) is 0 Å². The first kappa shape index (κ1) is 22.2. The molecule has 0 aliphatic heterocycles. The molecule has 1 fully saturated rings. The van der Waals surface area contributed by atoms with Crippen molar-refractivity contribution in [3.8, 4) is 0 Å². The summed E-state index contributed by atoms with van der Waals surface area (Å²) in [6, 6.07) is 8.36. The lowest BCUT2D eigenvalue weighted by Gasteiger charge is -2.11. The second-order valence-electron chi connectivity index (χ2n) is 6.25. The molecule has 1 saturated carbocycles. The number of methoxy groups -OCH3 is 1. The van der Waals surface area contributed by atoms with Gasteiger partial charge >= 0.3 is 0 Å². The maximum absolute atomic E-state index is 5.65. The van der Waals surface area contributed by atoms with Crippen LogP contribution in [0.3, 0.4) is 0 Å². The molecule has 5 nitrogen and oxygen atoms in total. The molecule has 6 heteroatoms. The molecule has 2 rings (SSSR count). The van der Waals surface area contributed by atoms with E-state index in [9.17, 15) is 0 Å². The van der Waals surface area contributed by atoms with E-state index in [1.54, 1.807) is 7.11 Å². The summed E-state index contributed by atoms with van der Waals surface area (Å²) in [6.07, 6.45) is 3.70. The number of nitrogens with zero attached hydrogens (tertiary/aromatic N) is 1. The molecule has 25 heavy (non-hydrogen) atoms. The van der Waals surface area contributed by atoms with Crippen molar-refractivity contribution in [2.24, 2.45) is 10.9 Å². The first-order chi connectivity index (χ1) is 11.8. The second kappa shape index (κ2) is 13.4. The minimum absolute atomic E-state index is 0. The van der Waals surface area contributed by atoms with Crippen LogP contribution in [0.25, 0.3) is 0 Å². The van der Waals surface area contributed by atoms with Gasteiger partial charge in [0.15, 0.2) is 5.96 Å². The Kier molecular flexibility index (Phi) is 11.9. The molecule has 1 aliphatic rings. The summed E-state index contributed by atoms with van der Waals surface area (Å²) < 4.78 is 10.8. The summed E-state index contributed by atoms with van der Waals surface area (Å²) in [6.45, 7) is 6.86. The fraction of sp³-hybridized carbons (Fsp3) is 0.632. The van der Waals surface area contributed by atoms with Crippen LogP contribution in [0.2, 0.25) is 0 Å². The Morgan fingerprint density at radius 3 is 2.76 bits per heavy atom. The van der Waals surface area contributed by atoms with Crippen LogP contribution in [0.5, 0.6) is 0 Å². The summed E-state index contributed by atoms with van der Waals surface area (Å²) in [4.78, 5) is 4.65. The molecule has 0 unspecified atom stereocenters. The first-order valence-corrected chi connectivity index (χ1v) is 8.98. The Morgan fingerprint density at radius 2 is 2.04 bits per heavy atom. The molecule has 1 aromatic carbocycles. The monoisotopic (exact) mass is 461 g/mol. The van der Waals surface area contributed by atoms with Crippen LogP contribution in [-0.2, 0) is 22.6 Å². The molecule has 0 bridgehead atoms. The molecular weight excluding hydrogens is 429 g/mol. The number of hydrogen-bond donors (Lipinski definition) is 2. The zero-order chi connectivity index (χ0) is 17.0. The highest BCUT2D eigenvalue weighted by Crippen LogP contribution is 2.28. The van der Waals surface area contributed by atoms with Crippen molar-refractivity contribution >= 4 is 29.9 Å². The van der Waals surface area contributed by atoms with Crippen LogP contribution in [0.4, 0.5) is 0 Å². The van der Waals surface area contributed by atoms with E-state index in [1.165, 1.54) is 24.0 Å². The Morgan fingerprint density at radius 1 is 1.24 bits per heavy atom. The maximum Gasteiger partial charge on any atom is 0.191 e. The average molecular weight is 461 g/mol. The third-order valence-electron chi connectivity index (χ3n) is 3.87. The van der Waals surface area contributed by atoms with Crippen molar-refractivity contribution in [1.29, 1.82) is 0 Å². The largest absolute Gasteiger partial charge is 0.381 e. The third kappa shape index (κ3) is 10.0. The minimum atomic E-state index is 0. The molecule has 0 aromatic heterocycles. The van der Waals surface area contributed by atoms with Gasteiger partial charge in [0, 0.05) is 33.4 Å². The summed E-state index contributed by atoms with van der Waals surface area (Å²) in [5, 5.41) is 6.65. The van der Waals surface area contributed by atoms with Crippen LogP contribution in [-0.4, -0.2) is 39.4 Å². The molecule has 0 spiro atoms. The highest BCUT2D eigenvalue weighted by Gasteiger charge is 2.20. The molecule has 1 aromatic rings.